The summed E-state index contributed by atoms with van der Waals surface area (Å²) in [5.74, 6) is 0.0363. The summed E-state index contributed by atoms with van der Waals surface area (Å²) in [6.07, 6.45) is -2.00. The van der Waals surface area contributed by atoms with E-state index in [1.807, 2.05) is 4.90 Å². The number of rotatable bonds is 9. The summed E-state index contributed by atoms with van der Waals surface area (Å²) in [5.41, 5.74) is 1.84. The van der Waals surface area contributed by atoms with Crippen molar-refractivity contribution in [3.05, 3.63) is 36.0 Å². The normalized spacial score (nSPS) is 18.6. The van der Waals surface area contributed by atoms with Crippen LogP contribution in [0.3, 0.4) is 0 Å². The molecule has 38 heavy (non-hydrogen) atoms. The Morgan fingerprint density at radius 2 is 2.03 bits per heavy atom. The molecule has 0 bridgehead atoms. The Balaban J connectivity index is 1.48. The van der Waals surface area contributed by atoms with E-state index in [1.54, 1.807) is 32.2 Å². The number of aromatic nitrogens is 5. The van der Waals surface area contributed by atoms with Crippen LogP contribution < -0.4 is 10.1 Å². The minimum atomic E-state index is -2.57. The number of piperidine rings is 1. The van der Waals surface area contributed by atoms with Gasteiger partial charge in [0, 0.05) is 26.7 Å². The third kappa shape index (κ3) is 4.99. The third-order valence-electron chi connectivity index (χ3n) is 6.85. The second-order valence-electron chi connectivity index (χ2n) is 9.30. The second kappa shape index (κ2) is 10.7. The summed E-state index contributed by atoms with van der Waals surface area (Å²) in [6.45, 7) is 3.25. The average Bonchev–Trinajstić information content (AvgIpc) is 3.38. The quantitative estimate of drug-likeness (QED) is 0.325. The van der Waals surface area contributed by atoms with Crippen LogP contribution in [0.25, 0.3) is 27.7 Å². The van der Waals surface area contributed by atoms with E-state index in [0.29, 0.717) is 48.5 Å². The van der Waals surface area contributed by atoms with Gasteiger partial charge in [-0.1, -0.05) is 6.07 Å². The van der Waals surface area contributed by atoms with E-state index in [9.17, 15) is 13.2 Å². The Kier molecular flexibility index (Phi) is 7.39. The van der Waals surface area contributed by atoms with Crippen LogP contribution in [-0.4, -0.2) is 88.1 Å². The summed E-state index contributed by atoms with van der Waals surface area (Å²) >= 11 is 0. The Morgan fingerprint density at radius 3 is 2.74 bits per heavy atom. The highest BCUT2D eigenvalue weighted by Crippen LogP contribution is 2.36. The first kappa shape index (κ1) is 26.2. The van der Waals surface area contributed by atoms with Crippen LogP contribution >= 0.6 is 0 Å². The van der Waals surface area contributed by atoms with Crippen molar-refractivity contribution in [3.63, 3.8) is 0 Å². The number of methoxy groups -OCH3 is 2. The van der Waals surface area contributed by atoms with Gasteiger partial charge in [0.05, 0.1) is 49.1 Å². The van der Waals surface area contributed by atoms with Crippen LogP contribution in [0, 0.1) is 12.7 Å². The molecule has 204 valence electrons. The van der Waals surface area contributed by atoms with E-state index in [0.717, 1.165) is 0 Å². The topological polar surface area (TPSA) is 81.7 Å². The van der Waals surface area contributed by atoms with Crippen LogP contribution in [0.15, 0.2) is 24.4 Å². The second-order valence-corrected chi connectivity index (χ2v) is 9.30. The van der Waals surface area contributed by atoms with Gasteiger partial charge in [-0.05, 0) is 31.0 Å². The fourth-order valence-corrected chi connectivity index (χ4v) is 4.99. The fraction of sp³-hybridized carbons (Fsp3) is 0.480. The number of anilines is 1. The fourth-order valence-electron chi connectivity index (χ4n) is 4.99. The van der Waals surface area contributed by atoms with Gasteiger partial charge < -0.3 is 19.4 Å². The molecule has 0 spiro atoms. The SMILES string of the molecule is COCCN1CC[C@H](Nc2nc(OC)c3c(-c4ccc5nc(C)n(CC(F)F)c5c4)c(F)cn3n2)[C@H](F)C1. The first-order valence-electron chi connectivity index (χ1n) is 12.3. The van der Waals surface area contributed by atoms with Gasteiger partial charge >= 0.3 is 0 Å². The van der Waals surface area contributed by atoms with Crippen LogP contribution in [0.5, 0.6) is 5.88 Å². The van der Waals surface area contributed by atoms with Crippen molar-refractivity contribution in [1.29, 1.82) is 0 Å². The molecule has 1 aliphatic heterocycles. The maximum atomic E-state index is 15.3. The molecule has 2 atom stereocenters. The monoisotopic (exact) mass is 535 g/mol. The first-order valence-corrected chi connectivity index (χ1v) is 12.3. The zero-order valence-corrected chi connectivity index (χ0v) is 21.3. The van der Waals surface area contributed by atoms with Crippen LogP contribution in [0.1, 0.15) is 12.2 Å². The lowest BCUT2D eigenvalue weighted by Gasteiger charge is -2.34. The van der Waals surface area contributed by atoms with E-state index in [4.69, 9.17) is 9.47 Å². The van der Waals surface area contributed by atoms with E-state index in [1.165, 1.54) is 22.4 Å². The molecule has 5 rings (SSSR count). The van der Waals surface area contributed by atoms with Crippen molar-refractivity contribution in [2.24, 2.45) is 0 Å². The maximum Gasteiger partial charge on any atom is 0.256 e. The smallest absolute Gasteiger partial charge is 0.256 e. The number of hydrogen-bond acceptors (Lipinski definition) is 7. The van der Waals surface area contributed by atoms with Crippen molar-refractivity contribution >= 4 is 22.5 Å². The summed E-state index contributed by atoms with van der Waals surface area (Å²) in [6, 6.07) is 4.42. The Morgan fingerprint density at radius 1 is 1.21 bits per heavy atom. The zero-order chi connectivity index (χ0) is 27.0. The molecule has 1 aromatic carbocycles. The summed E-state index contributed by atoms with van der Waals surface area (Å²) in [5, 5.41) is 7.40. The third-order valence-corrected chi connectivity index (χ3v) is 6.85. The number of fused-ring (bicyclic) bond motifs is 2. The van der Waals surface area contributed by atoms with E-state index in [2.05, 4.69) is 20.4 Å². The van der Waals surface area contributed by atoms with Crippen molar-refractivity contribution in [2.45, 2.75) is 38.5 Å². The highest BCUT2D eigenvalue weighted by Gasteiger charge is 2.30. The van der Waals surface area contributed by atoms with E-state index in [-0.39, 0.29) is 29.5 Å². The van der Waals surface area contributed by atoms with Gasteiger partial charge in [-0.3, -0.25) is 4.90 Å². The minimum absolute atomic E-state index is 0.0895. The summed E-state index contributed by atoms with van der Waals surface area (Å²) in [7, 11) is 3.01. The summed E-state index contributed by atoms with van der Waals surface area (Å²) in [4.78, 5) is 10.7. The number of aryl methyl sites for hydroxylation is 1. The van der Waals surface area contributed by atoms with Gasteiger partial charge in [-0.15, -0.1) is 5.10 Å². The predicted molar refractivity (Wildman–Crippen MR) is 134 cm³/mol. The maximum absolute atomic E-state index is 15.3. The largest absolute Gasteiger partial charge is 0.479 e. The molecule has 4 heterocycles. The molecule has 13 heteroatoms. The molecule has 0 radical (unpaired) electrons. The van der Waals surface area contributed by atoms with Gasteiger partial charge in [-0.2, -0.15) is 4.98 Å². The molecular weight excluding hydrogens is 506 g/mol. The number of nitrogens with zero attached hydrogens (tertiary/aromatic N) is 6. The van der Waals surface area contributed by atoms with E-state index < -0.39 is 31.0 Å². The highest BCUT2D eigenvalue weighted by atomic mass is 19.3. The van der Waals surface area contributed by atoms with Gasteiger partial charge in [0.25, 0.3) is 6.43 Å². The average molecular weight is 536 g/mol. The standard InChI is InChI=1S/C25H29F4N7O2/c1-14-30-19-5-4-15(10-20(19)35(14)13-21(28)29)22-17(27)12-36-23(22)24(38-3)32-25(33-36)31-18-6-7-34(8-9-37-2)11-16(18)26/h4-5,10,12,16,18,21H,6-9,11,13H2,1-3H3,(H,31,33)/t16-,18+/m1/s1. The predicted octanol–water partition coefficient (Wildman–Crippen LogP) is 3.94. The number of imidazole rings is 1. The Hall–Kier alpha value is -3.45. The van der Waals surface area contributed by atoms with Crippen molar-refractivity contribution in [3.8, 4) is 17.0 Å². The molecule has 1 fully saturated rings. The zero-order valence-electron chi connectivity index (χ0n) is 21.3. The minimum Gasteiger partial charge on any atom is -0.479 e. The number of nitrogens with one attached hydrogen (secondary N) is 1. The molecule has 9 nitrogen and oxygen atoms in total. The molecule has 0 aliphatic carbocycles. The number of likely N-dealkylation sites (tertiary alicyclic amines) is 1. The van der Waals surface area contributed by atoms with Crippen LogP contribution in [0.2, 0.25) is 0 Å². The van der Waals surface area contributed by atoms with Gasteiger partial charge in [0.15, 0.2) is 5.82 Å². The van der Waals surface area contributed by atoms with Gasteiger partial charge in [0.1, 0.15) is 17.5 Å². The Bertz CT molecular complexity index is 1440. The van der Waals surface area contributed by atoms with Crippen molar-refractivity contribution in [1.82, 2.24) is 29.0 Å². The van der Waals surface area contributed by atoms with Gasteiger partial charge in [0.2, 0.25) is 11.8 Å². The van der Waals surface area contributed by atoms with Crippen molar-refractivity contribution in [2.75, 3.05) is 45.8 Å². The van der Waals surface area contributed by atoms with Crippen molar-refractivity contribution < 1.29 is 27.0 Å². The molecule has 1 aliphatic rings. The lowest BCUT2D eigenvalue weighted by atomic mass is 10.0. The number of benzene rings is 1. The number of halogens is 4. The van der Waals surface area contributed by atoms with Crippen LogP contribution in [-0.2, 0) is 11.3 Å². The van der Waals surface area contributed by atoms with Gasteiger partial charge in [-0.25, -0.2) is 27.1 Å². The first-order chi connectivity index (χ1) is 18.3. The molecule has 0 amide bonds. The highest BCUT2D eigenvalue weighted by molar-refractivity contribution is 5.90. The molecule has 0 unspecified atom stereocenters. The summed E-state index contributed by atoms with van der Waals surface area (Å²) < 4.78 is 69.8. The van der Waals surface area contributed by atoms with E-state index >= 15 is 4.39 Å². The molecule has 4 aromatic rings. The van der Waals surface area contributed by atoms with Crippen LogP contribution in [0.4, 0.5) is 23.5 Å². The number of alkyl halides is 3. The molecule has 1 N–H and O–H groups in total. The lowest BCUT2D eigenvalue weighted by Crippen LogP contribution is -2.48. The lowest BCUT2D eigenvalue weighted by molar-refractivity contribution is 0.0918. The molecular formula is C25H29F4N7O2. The number of ether oxygens (including phenoxy) is 2. The number of hydrogen-bond donors (Lipinski definition) is 1. The Labute approximate surface area is 216 Å². The molecule has 1 saturated heterocycles. The molecule has 3 aromatic heterocycles. The molecule has 0 saturated carbocycles.